The molecular formula is C17H22BrNO3. The lowest BCUT2D eigenvalue weighted by molar-refractivity contribution is -0.131. The van der Waals surface area contributed by atoms with Gasteiger partial charge in [0, 0.05) is 29.1 Å². The van der Waals surface area contributed by atoms with Gasteiger partial charge in [0.25, 0.3) is 0 Å². The topological polar surface area (TPSA) is 38.8 Å². The van der Waals surface area contributed by atoms with Gasteiger partial charge in [-0.2, -0.15) is 0 Å². The van der Waals surface area contributed by atoms with E-state index in [0.29, 0.717) is 31.7 Å². The zero-order valence-electron chi connectivity index (χ0n) is 13.1. The number of carbonyl (C=O) groups excluding carboxylic acids is 1. The number of hydrogen-bond acceptors (Lipinski definition) is 3. The average Bonchev–Trinajstić information content (AvgIpc) is 2.51. The van der Waals surface area contributed by atoms with Crippen LogP contribution in [0.4, 0.5) is 0 Å². The maximum Gasteiger partial charge on any atom is 0.223 e. The van der Waals surface area contributed by atoms with E-state index in [0.717, 1.165) is 15.8 Å². The fourth-order valence-corrected chi connectivity index (χ4v) is 2.31. The van der Waals surface area contributed by atoms with Crippen LogP contribution in [0.2, 0.25) is 0 Å². The Morgan fingerprint density at radius 3 is 2.64 bits per heavy atom. The van der Waals surface area contributed by atoms with E-state index in [1.54, 1.807) is 25.2 Å². The number of benzene rings is 1. The van der Waals surface area contributed by atoms with Gasteiger partial charge in [0.1, 0.15) is 11.5 Å². The molecule has 0 radical (unpaired) electrons. The Kier molecular flexibility index (Phi) is 7.74. The molecule has 1 rings (SSSR count). The van der Waals surface area contributed by atoms with E-state index in [1.807, 2.05) is 18.2 Å². The first-order valence-corrected chi connectivity index (χ1v) is 7.74. The number of ether oxygens (including phenoxy) is 2. The monoisotopic (exact) mass is 367 g/mol. The van der Waals surface area contributed by atoms with Gasteiger partial charge in [0.05, 0.1) is 20.8 Å². The third-order valence-corrected chi connectivity index (χ3v) is 3.38. The van der Waals surface area contributed by atoms with Gasteiger partial charge in [-0.15, -0.1) is 6.58 Å². The number of hydrogen-bond donors (Lipinski definition) is 0. The van der Waals surface area contributed by atoms with Crippen molar-refractivity contribution in [2.45, 2.75) is 19.4 Å². The van der Waals surface area contributed by atoms with Crippen molar-refractivity contribution in [2.75, 3.05) is 20.8 Å². The Balaban J connectivity index is 2.95. The van der Waals surface area contributed by atoms with Crippen molar-refractivity contribution in [1.82, 2.24) is 4.90 Å². The summed E-state index contributed by atoms with van der Waals surface area (Å²) in [5.74, 6) is 1.47. The van der Waals surface area contributed by atoms with Crippen LogP contribution in [-0.2, 0) is 11.3 Å². The zero-order chi connectivity index (χ0) is 16.5. The zero-order valence-corrected chi connectivity index (χ0v) is 14.7. The number of amides is 1. The van der Waals surface area contributed by atoms with Crippen molar-refractivity contribution in [1.29, 1.82) is 0 Å². The van der Waals surface area contributed by atoms with Gasteiger partial charge in [0.2, 0.25) is 5.91 Å². The number of allylic oxidation sites excluding steroid dienone is 1. The van der Waals surface area contributed by atoms with Crippen LogP contribution in [0.1, 0.15) is 18.4 Å². The van der Waals surface area contributed by atoms with Gasteiger partial charge < -0.3 is 14.4 Å². The van der Waals surface area contributed by atoms with Gasteiger partial charge in [0.15, 0.2) is 0 Å². The van der Waals surface area contributed by atoms with Crippen molar-refractivity contribution in [2.24, 2.45) is 0 Å². The van der Waals surface area contributed by atoms with Crippen molar-refractivity contribution in [3.05, 3.63) is 47.5 Å². The Bertz CT molecular complexity index is 543. The number of halogens is 1. The van der Waals surface area contributed by atoms with Crippen LogP contribution in [0.5, 0.6) is 11.5 Å². The highest BCUT2D eigenvalue weighted by molar-refractivity contribution is 9.11. The molecule has 0 aliphatic heterocycles. The molecule has 0 spiro atoms. The molecule has 1 amide bonds. The standard InChI is InChI=1S/C17H22BrNO3/c1-5-6-7-17(20)19(11-13(2)18)12-14-8-9-15(21-3)10-16(14)22-4/h5,8-10H,1-2,6-7,11-12H2,3-4H3. The van der Waals surface area contributed by atoms with E-state index in [4.69, 9.17) is 9.47 Å². The van der Waals surface area contributed by atoms with Gasteiger partial charge >= 0.3 is 0 Å². The lowest BCUT2D eigenvalue weighted by Crippen LogP contribution is -2.31. The lowest BCUT2D eigenvalue weighted by atomic mass is 10.1. The molecule has 0 aliphatic rings. The van der Waals surface area contributed by atoms with E-state index in [-0.39, 0.29) is 5.91 Å². The summed E-state index contributed by atoms with van der Waals surface area (Å²) in [5, 5.41) is 0. The Labute approximate surface area is 140 Å². The van der Waals surface area contributed by atoms with Crippen molar-refractivity contribution < 1.29 is 14.3 Å². The van der Waals surface area contributed by atoms with E-state index in [2.05, 4.69) is 29.1 Å². The number of methoxy groups -OCH3 is 2. The molecule has 1 aromatic rings. The molecular weight excluding hydrogens is 346 g/mol. The minimum atomic E-state index is 0.0540. The van der Waals surface area contributed by atoms with Crippen LogP contribution in [0, 0.1) is 0 Å². The summed E-state index contributed by atoms with van der Waals surface area (Å²) in [7, 11) is 3.21. The van der Waals surface area contributed by atoms with Gasteiger partial charge in [-0.25, -0.2) is 0 Å². The minimum Gasteiger partial charge on any atom is -0.497 e. The molecule has 0 aromatic heterocycles. The lowest BCUT2D eigenvalue weighted by Gasteiger charge is -2.23. The second kappa shape index (κ2) is 9.30. The van der Waals surface area contributed by atoms with Gasteiger partial charge in [-0.3, -0.25) is 4.79 Å². The van der Waals surface area contributed by atoms with Gasteiger partial charge in [-0.1, -0.05) is 28.6 Å². The number of carbonyl (C=O) groups is 1. The molecule has 0 bridgehead atoms. The van der Waals surface area contributed by atoms with Crippen LogP contribution in [0.3, 0.4) is 0 Å². The first kappa shape index (κ1) is 18.3. The fourth-order valence-electron chi connectivity index (χ4n) is 2.01. The van der Waals surface area contributed by atoms with Crippen LogP contribution < -0.4 is 9.47 Å². The highest BCUT2D eigenvalue weighted by Crippen LogP contribution is 2.26. The van der Waals surface area contributed by atoms with Crippen LogP contribution in [0.15, 0.2) is 41.9 Å². The minimum absolute atomic E-state index is 0.0540. The molecule has 120 valence electrons. The predicted molar refractivity (Wildman–Crippen MR) is 92.5 cm³/mol. The van der Waals surface area contributed by atoms with Crippen molar-refractivity contribution in [3.63, 3.8) is 0 Å². The summed E-state index contributed by atoms with van der Waals surface area (Å²) in [5.41, 5.74) is 0.920. The average molecular weight is 368 g/mol. The maximum atomic E-state index is 12.3. The Morgan fingerprint density at radius 1 is 1.36 bits per heavy atom. The van der Waals surface area contributed by atoms with E-state index < -0.39 is 0 Å². The molecule has 5 heteroatoms. The van der Waals surface area contributed by atoms with E-state index in [9.17, 15) is 4.79 Å². The fraction of sp³-hybridized carbons (Fsp3) is 0.353. The smallest absolute Gasteiger partial charge is 0.223 e. The van der Waals surface area contributed by atoms with Crippen LogP contribution in [-0.4, -0.2) is 31.6 Å². The third-order valence-electron chi connectivity index (χ3n) is 3.13. The summed E-state index contributed by atoms with van der Waals surface area (Å²) < 4.78 is 11.3. The maximum absolute atomic E-state index is 12.3. The number of rotatable bonds is 9. The molecule has 4 nitrogen and oxygen atoms in total. The second-order valence-corrected chi connectivity index (χ2v) is 5.89. The largest absolute Gasteiger partial charge is 0.497 e. The SMILES string of the molecule is C=CCCC(=O)N(CC(=C)Br)Cc1ccc(OC)cc1OC. The molecule has 0 saturated heterocycles. The molecule has 0 N–H and O–H groups in total. The molecule has 0 heterocycles. The molecule has 0 atom stereocenters. The van der Waals surface area contributed by atoms with E-state index in [1.165, 1.54) is 0 Å². The summed E-state index contributed by atoms with van der Waals surface area (Å²) >= 11 is 3.32. The molecule has 0 fully saturated rings. The summed E-state index contributed by atoms with van der Waals surface area (Å²) in [4.78, 5) is 14.1. The molecule has 0 unspecified atom stereocenters. The van der Waals surface area contributed by atoms with Crippen LogP contribution >= 0.6 is 15.9 Å². The first-order chi connectivity index (χ1) is 10.5. The van der Waals surface area contributed by atoms with E-state index >= 15 is 0 Å². The first-order valence-electron chi connectivity index (χ1n) is 6.94. The summed E-state index contributed by atoms with van der Waals surface area (Å²) in [6, 6.07) is 5.57. The quantitative estimate of drug-likeness (QED) is 0.621. The normalized spacial score (nSPS) is 9.95. The molecule has 0 saturated carbocycles. The Hall–Kier alpha value is -1.75. The third kappa shape index (κ3) is 5.56. The highest BCUT2D eigenvalue weighted by Gasteiger charge is 2.16. The van der Waals surface area contributed by atoms with Gasteiger partial charge in [-0.05, 0) is 18.6 Å². The van der Waals surface area contributed by atoms with Crippen molar-refractivity contribution >= 4 is 21.8 Å². The highest BCUT2D eigenvalue weighted by atomic mass is 79.9. The predicted octanol–water partition coefficient (Wildman–Crippen LogP) is 3.91. The molecule has 1 aromatic carbocycles. The van der Waals surface area contributed by atoms with Crippen molar-refractivity contribution in [3.8, 4) is 11.5 Å². The molecule has 22 heavy (non-hydrogen) atoms. The van der Waals surface area contributed by atoms with Crippen LogP contribution in [0.25, 0.3) is 0 Å². The Morgan fingerprint density at radius 2 is 2.09 bits per heavy atom. The summed E-state index contributed by atoms with van der Waals surface area (Å²) in [6.07, 6.45) is 2.83. The number of nitrogens with zero attached hydrogens (tertiary/aromatic N) is 1. The summed E-state index contributed by atoms with van der Waals surface area (Å²) in [6.45, 7) is 8.37. The second-order valence-electron chi connectivity index (χ2n) is 4.77. The molecule has 0 aliphatic carbocycles.